The van der Waals surface area contributed by atoms with Gasteiger partial charge in [-0.15, -0.1) is 0 Å². The SMILES string of the molecule is CC1CCCCC1CNCC(=O)NC1CC1. The molecule has 1 amide bonds. The molecule has 0 aromatic carbocycles. The first-order valence-electron chi connectivity index (χ1n) is 6.76. The standard InChI is InChI=1S/C13H24N2O/c1-10-4-2-3-5-11(10)8-14-9-13(16)15-12-6-7-12/h10-12,14H,2-9H2,1H3,(H,15,16). The number of nitrogens with one attached hydrogen (secondary N) is 2. The van der Waals surface area contributed by atoms with E-state index in [0.717, 1.165) is 18.4 Å². The molecule has 0 aliphatic heterocycles. The van der Waals surface area contributed by atoms with Gasteiger partial charge in [0.05, 0.1) is 6.54 Å². The third-order valence-corrected chi connectivity index (χ3v) is 3.92. The van der Waals surface area contributed by atoms with E-state index in [4.69, 9.17) is 0 Å². The van der Waals surface area contributed by atoms with Crippen molar-refractivity contribution in [2.24, 2.45) is 11.8 Å². The molecule has 2 aliphatic carbocycles. The van der Waals surface area contributed by atoms with E-state index in [1.807, 2.05) is 0 Å². The Labute approximate surface area is 98.4 Å². The third-order valence-electron chi connectivity index (χ3n) is 3.92. The molecular weight excluding hydrogens is 200 g/mol. The predicted octanol–water partition coefficient (Wildman–Crippen LogP) is 1.68. The lowest BCUT2D eigenvalue weighted by molar-refractivity contribution is -0.120. The summed E-state index contributed by atoms with van der Waals surface area (Å²) in [5.74, 6) is 1.78. The molecule has 0 aromatic heterocycles. The van der Waals surface area contributed by atoms with Crippen molar-refractivity contribution in [3.63, 3.8) is 0 Å². The Hall–Kier alpha value is -0.570. The quantitative estimate of drug-likeness (QED) is 0.746. The summed E-state index contributed by atoms with van der Waals surface area (Å²) in [5.41, 5.74) is 0. The van der Waals surface area contributed by atoms with Crippen LogP contribution < -0.4 is 10.6 Å². The van der Waals surface area contributed by atoms with Crippen LogP contribution in [0, 0.1) is 11.8 Å². The van der Waals surface area contributed by atoms with Crippen LogP contribution in [0.5, 0.6) is 0 Å². The molecular formula is C13H24N2O. The lowest BCUT2D eigenvalue weighted by Crippen LogP contribution is -2.38. The molecule has 16 heavy (non-hydrogen) atoms. The van der Waals surface area contributed by atoms with Crippen LogP contribution in [0.3, 0.4) is 0 Å². The molecule has 2 aliphatic rings. The van der Waals surface area contributed by atoms with Gasteiger partial charge in [-0.3, -0.25) is 4.79 Å². The van der Waals surface area contributed by atoms with Crippen LogP contribution in [-0.2, 0) is 4.79 Å². The summed E-state index contributed by atoms with van der Waals surface area (Å²) in [4.78, 5) is 11.4. The molecule has 2 rings (SSSR count). The molecule has 0 spiro atoms. The van der Waals surface area contributed by atoms with Crippen molar-refractivity contribution in [3.8, 4) is 0 Å². The number of hydrogen-bond acceptors (Lipinski definition) is 2. The van der Waals surface area contributed by atoms with Crippen molar-refractivity contribution < 1.29 is 4.79 Å². The second-order valence-corrected chi connectivity index (χ2v) is 5.49. The second kappa shape index (κ2) is 5.67. The van der Waals surface area contributed by atoms with Gasteiger partial charge in [0.15, 0.2) is 0 Å². The van der Waals surface area contributed by atoms with Crippen molar-refractivity contribution in [1.82, 2.24) is 10.6 Å². The van der Waals surface area contributed by atoms with Crippen LogP contribution in [0.25, 0.3) is 0 Å². The minimum atomic E-state index is 0.172. The lowest BCUT2D eigenvalue weighted by Gasteiger charge is -2.28. The summed E-state index contributed by atoms with van der Waals surface area (Å²) in [6.45, 7) is 3.86. The van der Waals surface area contributed by atoms with E-state index in [9.17, 15) is 4.79 Å². The van der Waals surface area contributed by atoms with Gasteiger partial charge in [-0.05, 0) is 37.6 Å². The van der Waals surface area contributed by atoms with Gasteiger partial charge in [0.25, 0.3) is 0 Å². The first kappa shape index (κ1) is 11.9. The van der Waals surface area contributed by atoms with E-state index < -0.39 is 0 Å². The maximum absolute atomic E-state index is 11.4. The number of carbonyl (C=O) groups excluding carboxylic acids is 1. The smallest absolute Gasteiger partial charge is 0.234 e. The van der Waals surface area contributed by atoms with Crippen LogP contribution in [0.15, 0.2) is 0 Å². The molecule has 0 bridgehead atoms. The van der Waals surface area contributed by atoms with Crippen LogP contribution >= 0.6 is 0 Å². The number of rotatable bonds is 5. The fourth-order valence-corrected chi connectivity index (χ4v) is 2.57. The predicted molar refractivity (Wildman–Crippen MR) is 65.2 cm³/mol. The van der Waals surface area contributed by atoms with Gasteiger partial charge in [0.1, 0.15) is 0 Å². The zero-order valence-electron chi connectivity index (χ0n) is 10.3. The molecule has 3 nitrogen and oxygen atoms in total. The van der Waals surface area contributed by atoms with Gasteiger partial charge in [-0.2, -0.15) is 0 Å². The highest BCUT2D eigenvalue weighted by atomic mass is 16.2. The van der Waals surface area contributed by atoms with Gasteiger partial charge < -0.3 is 10.6 Å². The van der Waals surface area contributed by atoms with Crippen molar-refractivity contribution in [2.45, 2.75) is 51.5 Å². The Balaban J connectivity index is 1.57. The van der Waals surface area contributed by atoms with Gasteiger partial charge in [-0.25, -0.2) is 0 Å². The molecule has 0 aromatic rings. The summed E-state index contributed by atoms with van der Waals surface area (Å²) >= 11 is 0. The van der Waals surface area contributed by atoms with Gasteiger partial charge in [-0.1, -0.05) is 26.2 Å². The molecule has 2 N–H and O–H groups in total. The minimum absolute atomic E-state index is 0.172. The first-order chi connectivity index (χ1) is 7.75. The van der Waals surface area contributed by atoms with E-state index in [0.29, 0.717) is 12.6 Å². The number of carbonyl (C=O) groups is 1. The maximum atomic E-state index is 11.4. The zero-order valence-corrected chi connectivity index (χ0v) is 10.3. The van der Waals surface area contributed by atoms with Crippen LogP contribution in [-0.4, -0.2) is 25.0 Å². The van der Waals surface area contributed by atoms with Crippen LogP contribution in [0.2, 0.25) is 0 Å². The fraction of sp³-hybridized carbons (Fsp3) is 0.923. The van der Waals surface area contributed by atoms with Crippen molar-refractivity contribution in [1.29, 1.82) is 0 Å². The third kappa shape index (κ3) is 3.78. The molecule has 3 heteroatoms. The molecule has 2 fully saturated rings. The van der Waals surface area contributed by atoms with Crippen molar-refractivity contribution >= 4 is 5.91 Å². The molecule has 0 saturated heterocycles. The van der Waals surface area contributed by atoms with Crippen LogP contribution in [0.4, 0.5) is 0 Å². The monoisotopic (exact) mass is 224 g/mol. The highest BCUT2D eigenvalue weighted by molar-refractivity contribution is 5.78. The lowest BCUT2D eigenvalue weighted by atomic mass is 9.80. The number of amides is 1. The summed E-state index contributed by atoms with van der Waals surface area (Å²) in [7, 11) is 0. The average molecular weight is 224 g/mol. The molecule has 2 saturated carbocycles. The van der Waals surface area contributed by atoms with E-state index in [2.05, 4.69) is 17.6 Å². The minimum Gasteiger partial charge on any atom is -0.352 e. The number of hydrogen-bond donors (Lipinski definition) is 2. The van der Waals surface area contributed by atoms with Gasteiger partial charge >= 0.3 is 0 Å². The van der Waals surface area contributed by atoms with E-state index in [1.165, 1.54) is 38.5 Å². The van der Waals surface area contributed by atoms with Gasteiger partial charge in [0.2, 0.25) is 5.91 Å². The van der Waals surface area contributed by atoms with Crippen LogP contribution in [0.1, 0.15) is 45.4 Å². The highest BCUT2D eigenvalue weighted by Gasteiger charge is 2.24. The highest BCUT2D eigenvalue weighted by Crippen LogP contribution is 2.28. The Morgan fingerprint density at radius 2 is 1.94 bits per heavy atom. The molecule has 92 valence electrons. The van der Waals surface area contributed by atoms with E-state index in [-0.39, 0.29) is 5.91 Å². The van der Waals surface area contributed by atoms with Crippen molar-refractivity contribution in [3.05, 3.63) is 0 Å². The largest absolute Gasteiger partial charge is 0.352 e. The summed E-state index contributed by atoms with van der Waals surface area (Å²) in [5, 5.41) is 6.31. The summed E-state index contributed by atoms with van der Waals surface area (Å²) in [6, 6.07) is 0.489. The molecule has 0 radical (unpaired) electrons. The van der Waals surface area contributed by atoms with Crippen molar-refractivity contribution in [2.75, 3.05) is 13.1 Å². The summed E-state index contributed by atoms with van der Waals surface area (Å²) < 4.78 is 0. The molecule has 2 unspecified atom stereocenters. The average Bonchev–Trinajstić information content (AvgIpc) is 3.05. The molecule has 2 atom stereocenters. The van der Waals surface area contributed by atoms with E-state index >= 15 is 0 Å². The zero-order chi connectivity index (χ0) is 11.4. The normalized spacial score (nSPS) is 30.1. The summed E-state index contributed by atoms with van der Waals surface area (Å²) in [6.07, 6.45) is 7.79. The van der Waals surface area contributed by atoms with E-state index in [1.54, 1.807) is 0 Å². The second-order valence-electron chi connectivity index (χ2n) is 5.49. The Kier molecular flexibility index (Phi) is 4.22. The Morgan fingerprint density at radius 1 is 1.19 bits per heavy atom. The maximum Gasteiger partial charge on any atom is 0.234 e. The topological polar surface area (TPSA) is 41.1 Å². The molecule has 0 heterocycles. The Morgan fingerprint density at radius 3 is 2.62 bits per heavy atom. The van der Waals surface area contributed by atoms with Gasteiger partial charge in [0, 0.05) is 6.04 Å². The fourth-order valence-electron chi connectivity index (χ4n) is 2.57. The Bertz CT molecular complexity index is 238. The first-order valence-corrected chi connectivity index (χ1v) is 6.76.